The summed E-state index contributed by atoms with van der Waals surface area (Å²) >= 11 is 0. The van der Waals surface area contributed by atoms with Crippen LogP contribution in [0.1, 0.15) is 183 Å². The number of aryl methyl sites for hydroxylation is 1. The van der Waals surface area contributed by atoms with E-state index in [4.69, 9.17) is 34.6 Å². The van der Waals surface area contributed by atoms with Gasteiger partial charge < -0.3 is 60.2 Å². The summed E-state index contributed by atoms with van der Waals surface area (Å²) in [7, 11) is 0. The Bertz CT molecular complexity index is 2940. The van der Waals surface area contributed by atoms with Crippen molar-refractivity contribution in [1.29, 1.82) is 0 Å². The zero-order chi connectivity index (χ0) is 70.4. The van der Waals surface area contributed by atoms with Crippen LogP contribution in [0.25, 0.3) is 0 Å². The molecule has 3 unspecified atom stereocenters. The van der Waals surface area contributed by atoms with Gasteiger partial charge in [0.2, 0.25) is 0 Å². The van der Waals surface area contributed by atoms with Gasteiger partial charge in [-0.1, -0.05) is 121 Å². The Morgan fingerprint density at radius 2 is 0.989 bits per heavy atom. The van der Waals surface area contributed by atoms with Crippen molar-refractivity contribution in [2.45, 2.75) is 196 Å². The summed E-state index contributed by atoms with van der Waals surface area (Å²) < 4.78 is 15.6. The molecule has 1 saturated heterocycles. The predicted octanol–water partition coefficient (Wildman–Crippen LogP) is 13.6. The number of alkyl carbamates (subject to hydrolysis) is 1. The number of carboxylic acid groups (broad SMARTS) is 6. The number of likely N-dealkylation sites (tertiary alicyclic amines) is 1. The van der Waals surface area contributed by atoms with Gasteiger partial charge in [-0.2, -0.15) is 0 Å². The highest BCUT2D eigenvalue weighted by molar-refractivity contribution is 5.85. The van der Waals surface area contributed by atoms with Crippen LogP contribution in [0.15, 0.2) is 121 Å². The van der Waals surface area contributed by atoms with Crippen LogP contribution in [0, 0.1) is 38.9 Å². The van der Waals surface area contributed by atoms with Gasteiger partial charge in [0.25, 0.3) is 0 Å². The Balaban J connectivity index is 0.000000291. The summed E-state index contributed by atoms with van der Waals surface area (Å²) in [5, 5.41) is 67.2. The smallest absolute Gasteiger partial charge is 0.410 e. The Morgan fingerprint density at radius 3 is 1.39 bits per heavy atom. The van der Waals surface area contributed by atoms with Gasteiger partial charge in [0.15, 0.2) is 0 Å². The quantitative estimate of drug-likeness (QED) is 0.0459. The summed E-state index contributed by atoms with van der Waals surface area (Å²) in [6, 6.07) is 38.5. The standard InChI is InChI=1S/C15H14O2.C13H18O2.C12H21NO4.C12H16O3.C11H16O3.C10H19NO4/c1-15(14(16)17,12-8-4-2-5-9-12)13-10-6-3-7-11-13;1-13(2,12(14)15)10-6-9-11-7-4-3-5-8-11;1-11(2,3)17-10(16)13-7-5-6-12(4,8-13)9(14)15;1-12(2,11(13)14)9-15-8-10-6-4-3-5-7-10;12-9(13)10-2-7-1-8(3-10)5-11(14,4-7)6-10;1-9(2,3)15-8(14)11-6-10(4,5)7(12)13/h2-11H,1H3,(H,16,17);3-5,7-8H,6,9-10H2,1-2H3,(H,14,15);5-8H2,1-4H3,(H,14,15);3-7H,8-9H2,1-2H3,(H,13,14);7-8,14H,1-6H2,(H,12,13);6H2,1-5H3,(H,11,14)(H,12,13). The summed E-state index contributed by atoms with van der Waals surface area (Å²) in [6.45, 7) is 25.5. The molecule has 4 saturated carbocycles. The van der Waals surface area contributed by atoms with Gasteiger partial charge in [-0.05, 0) is 202 Å². The molecule has 4 aromatic carbocycles. The van der Waals surface area contributed by atoms with E-state index in [2.05, 4.69) is 17.4 Å². The van der Waals surface area contributed by atoms with Crippen LogP contribution in [0.3, 0.4) is 0 Å². The van der Waals surface area contributed by atoms with Crippen molar-refractivity contribution >= 4 is 48.0 Å². The molecular weight excluding hydrogens is 1190 g/mol. The van der Waals surface area contributed by atoms with Gasteiger partial charge in [0.1, 0.15) is 16.6 Å². The first-order chi connectivity index (χ1) is 42.9. The number of aliphatic hydroxyl groups is 1. The summed E-state index contributed by atoms with van der Waals surface area (Å²) in [5.41, 5.74) is -2.68. The zero-order valence-corrected chi connectivity index (χ0v) is 57.1. The van der Waals surface area contributed by atoms with Crippen molar-refractivity contribution in [2.75, 3.05) is 26.2 Å². The minimum atomic E-state index is -0.998. The SMILES string of the molecule is CC(C(=O)O)(c1ccccc1)c1ccccc1.CC(C)(C)OC(=O)N1CCCC(C)(C(=O)O)C1.CC(C)(C)OC(=O)NCC(C)(C)C(=O)O.CC(C)(CCCc1ccccc1)C(=O)O.CC(C)(COCc1ccccc1)C(=O)O.O=C(O)C12CC3CC(CC(O)(C3)C1)C2. The third-order valence-electron chi connectivity index (χ3n) is 17.0. The van der Waals surface area contributed by atoms with Crippen LogP contribution in [0.2, 0.25) is 0 Å². The monoisotopic (exact) mass is 1300 g/mol. The Morgan fingerprint density at radius 1 is 0.548 bits per heavy atom. The largest absolute Gasteiger partial charge is 0.481 e. The molecule has 0 spiro atoms. The van der Waals surface area contributed by atoms with E-state index in [1.165, 1.54) is 24.3 Å². The fourth-order valence-corrected chi connectivity index (χ4v) is 11.5. The van der Waals surface area contributed by atoms with Crippen LogP contribution in [-0.4, -0.2) is 132 Å². The third kappa shape index (κ3) is 25.9. The molecule has 93 heavy (non-hydrogen) atoms. The van der Waals surface area contributed by atoms with E-state index in [1.54, 1.807) is 83.1 Å². The molecule has 1 heterocycles. The minimum Gasteiger partial charge on any atom is -0.481 e. The Labute approximate surface area is 549 Å². The Hall–Kier alpha value is -7.84. The molecular formula is C73H104N2O18. The number of rotatable bonds is 18. The third-order valence-corrected chi connectivity index (χ3v) is 17.0. The van der Waals surface area contributed by atoms with Crippen LogP contribution in [0.5, 0.6) is 0 Å². The van der Waals surface area contributed by atoms with Gasteiger partial charge in [-0.15, -0.1) is 0 Å². The number of nitrogens with one attached hydrogen (secondary N) is 1. The van der Waals surface area contributed by atoms with Crippen LogP contribution < -0.4 is 5.32 Å². The fourth-order valence-electron chi connectivity index (χ4n) is 11.5. The lowest BCUT2D eigenvalue weighted by molar-refractivity contribution is -0.191. The first kappa shape index (κ1) is 79.4. The Kier molecular flexibility index (Phi) is 28.9. The molecule has 2 amide bonds. The average Bonchev–Trinajstić information content (AvgIpc) is 0.729. The lowest BCUT2D eigenvalue weighted by Crippen LogP contribution is -2.58. The number of amides is 2. The number of carbonyl (C=O) groups excluding carboxylic acids is 2. The second-order valence-corrected chi connectivity index (χ2v) is 29.5. The summed E-state index contributed by atoms with van der Waals surface area (Å²) in [6.07, 6.45) is 7.82. The van der Waals surface area contributed by atoms with Crippen LogP contribution in [-0.2, 0) is 61.4 Å². The number of ether oxygens (including phenoxy) is 3. The number of nitrogens with zero attached hydrogens (tertiary/aromatic N) is 1. The first-order valence-corrected chi connectivity index (χ1v) is 31.7. The molecule has 4 aromatic rings. The maximum Gasteiger partial charge on any atom is 0.410 e. The number of hydrogen-bond donors (Lipinski definition) is 8. The molecule has 9 rings (SSSR count). The second-order valence-electron chi connectivity index (χ2n) is 29.5. The number of piperidine rings is 1. The lowest BCUT2D eigenvalue weighted by atomic mass is 9.48. The van der Waals surface area contributed by atoms with E-state index in [0.29, 0.717) is 44.2 Å². The molecule has 5 aliphatic rings. The highest BCUT2D eigenvalue weighted by atomic mass is 16.6. The van der Waals surface area contributed by atoms with Crippen molar-refractivity contribution in [3.63, 3.8) is 0 Å². The van der Waals surface area contributed by atoms with E-state index in [1.807, 2.05) is 109 Å². The topological polar surface area (TPSA) is 321 Å². The maximum absolute atomic E-state index is 11.8. The average molecular weight is 1300 g/mol. The number of carboxylic acids is 6. The molecule has 20 nitrogen and oxygen atoms in total. The highest BCUT2D eigenvalue weighted by Crippen LogP contribution is 2.61. The molecule has 4 aliphatic carbocycles. The summed E-state index contributed by atoms with van der Waals surface area (Å²) in [4.78, 5) is 91.0. The number of hydrogen-bond acceptors (Lipinski definition) is 12. The van der Waals surface area contributed by atoms with Gasteiger partial charge in [0, 0.05) is 19.6 Å². The lowest BCUT2D eigenvalue weighted by Gasteiger charge is -2.58. The van der Waals surface area contributed by atoms with E-state index < -0.39 is 97.3 Å². The van der Waals surface area contributed by atoms with Crippen molar-refractivity contribution in [1.82, 2.24) is 10.2 Å². The molecule has 514 valence electrons. The second kappa shape index (κ2) is 33.8. The van der Waals surface area contributed by atoms with E-state index in [9.17, 15) is 53.7 Å². The molecule has 20 heteroatoms. The minimum absolute atomic E-state index is 0.0389. The number of aliphatic carboxylic acids is 6. The van der Waals surface area contributed by atoms with E-state index in [0.717, 1.165) is 68.1 Å². The van der Waals surface area contributed by atoms with Crippen molar-refractivity contribution in [3.8, 4) is 0 Å². The van der Waals surface area contributed by atoms with Crippen molar-refractivity contribution < 1.29 is 88.3 Å². The molecule has 1 aliphatic heterocycles. The summed E-state index contributed by atoms with van der Waals surface area (Å²) in [5.74, 6) is -3.94. The van der Waals surface area contributed by atoms with Gasteiger partial charge in [0.05, 0.1) is 45.9 Å². The zero-order valence-electron chi connectivity index (χ0n) is 57.1. The first-order valence-electron chi connectivity index (χ1n) is 31.7. The van der Waals surface area contributed by atoms with Gasteiger partial charge >= 0.3 is 48.0 Å². The van der Waals surface area contributed by atoms with E-state index >= 15 is 0 Å². The van der Waals surface area contributed by atoms with Gasteiger partial charge in [-0.25, -0.2) is 9.59 Å². The normalized spacial score (nSPS) is 20.6. The molecule has 0 aromatic heterocycles. The highest BCUT2D eigenvalue weighted by Gasteiger charge is 2.60. The fraction of sp³-hybridized carbons (Fsp3) is 0.562. The van der Waals surface area contributed by atoms with E-state index in [-0.39, 0.29) is 19.7 Å². The van der Waals surface area contributed by atoms with Crippen molar-refractivity contribution in [3.05, 3.63) is 144 Å². The molecule has 5 fully saturated rings. The molecule has 4 bridgehead atoms. The van der Waals surface area contributed by atoms with Crippen LogP contribution in [0.4, 0.5) is 9.59 Å². The molecule has 0 radical (unpaired) electrons. The van der Waals surface area contributed by atoms with Crippen LogP contribution >= 0.6 is 0 Å². The molecule has 8 N–H and O–H groups in total. The molecule has 3 atom stereocenters. The predicted molar refractivity (Wildman–Crippen MR) is 353 cm³/mol. The van der Waals surface area contributed by atoms with Gasteiger partial charge in [-0.3, -0.25) is 28.8 Å². The maximum atomic E-state index is 11.8. The number of benzene rings is 4. The number of carbonyl (C=O) groups is 8. The van der Waals surface area contributed by atoms with Crippen molar-refractivity contribution in [2.24, 2.45) is 38.9 Å².